The van der Waals surface area contributed by atoms with Gasteiger partial charge in [-0.05, 0) is 30.2 Å². The van der Waals surface area contributed by atoms with Crippen LogP contribution in [0.15, 0.2) is 18.2 Å². The number of imidazole rings is 1. The molecule has 2 heterocycles. The van der Waals surface area contributed by atoms with E-state index in [1.54, 1.807) is 0 Å². The molecule has 0 bridgehead atoms. The molecular formula is C17H23N3O. The molecule has 21 heavy (non-hydrogen) atoms. The molecule has 0 saturated carbocycles. The second-order valence-electron chi connectivity index (χ2n) is 5.54. The molecule has 3 rings (SSSR count). The van der Waals surface area contributed by atoms with E-state index >= 15 is 0 Å². The molecule has 2 aromatic rings. The summed E-state index contributed by atoms with van der Waals surface area (Å²) in [5, 5.41) is 0. The summed E-state index contributed by atoms with van der Waals surface area (Å²) in [4.78, 5) is 4.77. The van der Waals surface area contributed by atoms with E-state index in [1.807, 2.05) is 6.07 Å². The lowest BCUT2D eigenvalue weighted by Gasteiger charge is -2.08. The molecule has 1 aromatic heterocycles. The van der Waals surface area contributed by atoms with Gasteiger partial charge in [0.05, 0.1) is 6.61 Å². The topological polar surface area (TPSA) is 53.1 Å². The number of ether oxygens (including phenoxy) is 1. The van der Waals surface area contributed by atoms with E-state index in [0.717, 1.165) is 67.5 Å². The highest BCUT2D eigenvalue weighted by Gasteiger charge is 2.18. The van der Waals surface area contributed by atoms with Crippen LogP contribution < -0.4 is 10.5 Å². The minimum atomic E-state index is 0.777. The summed E-state index contributed by atoms with van der Waals surface area (Å²) in [6.07, 6.45) is 4.17. The number of aromatic nitrogens is 2. The van der Waals surface area contributed by atoms with Crippen LogP contribution in [0.4, 0.5) is 5.82 Å². The predicted octanol–water partition coefficient (Wildman–Crippen LogP) is 3.43. The Kier molecular flexibility index (Phi) is 3.86. The molecule has 1 aliphatic rings. The minimum Gasteiger partial charge on any atom is -0.493 e. The number of hydrogen-bond donors (Lipinski definition) is 1. The Morgan fingerprint density at radius 1 is 1.33 bits per heavy atom. The number of nitrogen functional groups attached to an aromatic ring is 1. The van der Waals surface area contributed by atoms with Crippen molar-refractivity contribution in [2.75, 3.05) is 12.3 Å². The third kappa shape index (κ3) is 2.50. The Morgan fingerprint density at radius 2 is 2.19 bits per heavy atom. The average Bonchev–Trinajstić information content (AvgIpc) is 3.08. The van der Waals surface area contributed by atoms with Crippen LogP contribution in [0.3, 0.4) is 0 Å². The Morgan fingerprint density at radius 3 is 2.95 bits per heavy atom. The quantitative estimate of drug-likeness (QED) is 0.915. The molecule has 0 saturated heterocycles. The fourth-order valence-electron chi connectivity index (χ4n) is 2.90. The van der Waals surface area contributed by atoms with Crippen molar-refractivity contribution in [3.8, 4) is 17.0 Å². The Labute approximate surface area is 125 Å². The molecule has 0 amide bonds. The molecule has 0 radical (unpaired) electrons. The fourth-order valence-corrected chi connectivity index (χ4v) is 2.90. The highest BCUT2D eigenvalue weighted by atomic mass is 16.5. The summed E-state index contributed by atoms with van der Waals surface area (Å²) >= 11 is 0. The number of rotatable bonds is 5. The van der Waals surface area contributed by atoms with Crippen molar-refractivity contribution in [1.82, 2.24) is 9.55 Å². The van der Waals surface area contributed by atoms with Crippen LogP contribution in [0, 0.1) is 0 Å². The smallest absolute Gasteiger partial charge is 0.131 e. The third-order valence-corrected chi connectivity index (χ3v) is 4.10. The van der Waals surface area contributed by atoms with E-state index in [9.17, 15) is 0 Å². The Hall–Kier alpha value is -1.97. The summed E-state index contributed by atoms with van der Waals surface area (Å²) in [6.45, 7) is 6.05. The highest BCUT2D eigenvalue weighted by Crippen LogP contribution is 2.33. The SMILES string of the molecule is CCCCn1c(CC)nc(-c2ccc3c(c2)CCO3)c1N. The number of aryl methyl sites for hydroxylation is 1. The summed E-state index contributed by atoms with van der Waals surface area (Å²) < 4.78 is 7.74. The monoisotopic (exact) mass is 285 g/mol. The van der Waals surface area contributed by atoms with Crippen molar-refractivity contribution in [2.45, 2.75) is 46.1 Å². The van der Waals surface area contributed by atoms with Gasteiger partial charge in [-0.3, -0.25) is 0 Å². The van der Waals surface area contributed by atoms with Crippen LogP contribution in [0.1, 0.15) is 38.1 Å². The summed E-state index contributed by atoms with van der Waals surface area (Å²) in [5.74, 6) is 2.87. The number of nitrogens with two attached hydrogens (primary N) is 1. The fraction of sp³-hybridized carbons (Fsp3) is 0.471. The van der Waals surface area contributed by atoms with Crippen molar-refractivity contribution in [1.29, 1.82) is 0 Å². The summed E-state index contributed by atoms with van der Waals surface area (Å²) in [7, 11) is 0. The van der Waals surface area contributed by atoms with Gasteiger partial charge in [-0.25, -0.2) is 4.98 Å². The number of hydrogen-bond acceptors (Lipinski definition) is 3. The minimum absolute atomic E-state index is 0.777. The molecule has 1 aliphatic heterocycles. The molecule has 0 atom stereocenters. The van der Waals surface area contributed by atoms with E-state index in [2.05, 4.69) is 30.5 Å². The van der Waals surface area contributed by atoms with Gasteiger partial charge < -0.3 is 15.0 Å². The van der Waals surface area contributed by atoms with Crippen LogP contribution in [0.5, 0.6) is 5.75 Å². The zero-order valence-corrected chi connectivity index (χ0v) is 12.9. The number of fused-ring (bicyclic) bond motifs is 1. The first kappa shape index (κ1) is 14.0. The number of benzene rings is 1. The maximum absolute atomic E-state index is 6.37. The van der Waals surface area contributed by atoms with Crippen molar-refractivity contribution in [3.05, 3.63) is 29.6 Å². The Balaban J connectivity index is 2.00. The average molecular weight is 285 g/mol. The van der Waals surface area contributed by atoms with Crippen molar-refractivity contribution < 1.29 is 4.74 Å². The first-order valence-corrected chi connectivity index (χ1v) is 7.85. The molecule has 2 N–H and O–H groups in total. The number of unbranched alkanes of at least 4 members (excludes halogenated alkanes) is 1. The zero-order chi connectivity index (χ0) is 14.8. The standard InChI is InChI=1S/C17H23N3O/c1-3-5-9-20-15(4-2)19-16(17(20)18)13-6-7-14-12(11-13)8-10-21-14/h6-7,11H,3-5,8-10,18H2,1-2H3. The number of nitrogens with zero attached hydrogens (tertiary/aromatic N) is 2. The molecule has 112 valence electrons. The van der Waals surface area contributed by atoms with Gasteiger partial charge in [0.2, 0.25) is 0 Å². The predicted molar refractivity (Wildman–Crippen MR) is 85.6 cm³/mol. The van der Waals surface area contributed by atoms with E-state index < -0.39 is 0 Å². The van der Waals surface area contributed by atoms with Gasteiger partial charge in [0.15, 0.2) is 0 Å². The maximum atomic E-state index is 6.37. The van der Waals surface area contributed by atoms with Crippen molar-refractivity contribution in [2.24, 2.45) is 0 Å². The summed E-state index contributed by atoms with van der Waals surface area (Å²) in [5.41, 5.74) is 9.64. The molecule has 4 heteroatoms. The van der Waals surface area contributed by atoms with Crippen LogP contribution in [0.25, 0.3) is 11.3 Å². The second-order valence-corrected chi connectivity index (χ2v) is 5.54. The lowest BCUT2D eigenvalue weighted by atomic mass is 10.1. The number of anilines is 1. The van der Waals surface area contributed by atoms with Crippen LogP contribution >= 0.6 is 0 Å². The van der Waals surface area contributed by atoms with Crippen LogP contribution in [0.2, 0.25) is 0 Å². The molecular weight excluding hydrogens is 262 g/mol. The van der Waals surface area contributed by atoms with Gasteiger partial charge >= 0.3 is 0 Å². The molecule has 1 aromatic carbocycles. The van der Waals surface area contributed by atoms with E-state index in [1.165, 1.54) is 5.56 Å². The van der Waals surface area contributed by atoms with E-state index in [0.29, 0.717) is 0 Å². The molecule has 0 aliphatic carbocycles. The largest absolute Gasteiger partial charge is 0.493 e. The normalized spacial score (nSPS) is 13.2. The van der Waals surface area contributed by atoms with Gasteiger partial charge in [0, 0.05) is 24.9 Å². The van der Waals surface area contributed by atoms with E-state index in [4.69, 9.17) is 15.5 Å². The van der Waals surface area contributed by atoms with Gasteiger partial charge in [0.25, 0.3) is 0 Å². The van der Waals surface area contributed by atoms with Crippen LogP contribution in [-0.2, 0) is 19.4 Å². The molecule has 0 fully saturated rings. The lowest BCUT2D eigenvalue weighted by Crippen LogP contribution is -2.06. The Bertz CT molecular complexity index is 646. The van der Waals surface area contributed by atoms with Crippen molar-refractivity contribution >= 4 is 5.82 Å². The summed E-state index contributed by atoms with van der Waals surface area (Å²) in [6, 6.07) is 6.27. The second kappa shape index (κ2) is 5.80. The lowest BCUT2D eigenvalue weighted by molar-refractivity contribution is 0.357. The zero-order valence-electron chi connectivity index (χ0n) is 12.9. The first-order valence-electron chi connectivity index (χ1n) is 7.85. The molecule has 4 nitrogen and oxygen atoms in total. The van der Waals surface area contributed by atoms with Crippen LogP contribution in [-0.4, -0.2) is 16.2 Å². The van der Waals surface area contributed by atoms with Gasteiger partial charge in [-0.1, -0.05) is 20.3 Å². The van der Waals surface area contributed by atoms with Gasteiger partial charge in [-0.15, -0.1) is 0 Å². The maximum Gasteiger partial charge on any atom is 0.131 e. The van der Waals surface area contributed by atoms with Gasteiger partial charge in [0.1, 0.15) is 23.1 Å². The third-order valence-electron chi connectivity index (χ3n) is 4.10. The molecule has 0 spiro atoms. The van der Waals surface area contributed by atoms with Crippen molar-refractivity contribution in [3.63, 3.8) is 0 Å². The molecule has 0 unspecified atom stereocenters. The highest BCUT2D eigenvalue weighted by molar-refractivity contribution is 5.72. The van der Waals surface area contributed by atoms with E-state index in [-0.39, 0.29) is 0 Å². The van der Waals surface area contributed by atoms with Gasteiger partial charge in [-0.2, -0.15) is 0 Å². The first-order chi connectivity index (χ1) is 10.2.